The number of carboxylic acid groups (broad SMARTS) is 1. The molecule has 0 aliphatic carbocycles. The molecule has 0 bridgehead atoms. The van der Waals surface area contributed by atoms with Crippen molar-refractivity contribution in [1.29, 1.82) is 0 Å². The minimum Gasteiger partial charge on any atom is -0.480 e. The number of urea groups is 1. The number of aryl methyl sites for hydroxylation is 1. The number of amides is 2. The van der Waals surface area contributed by atoms with Crippen LogP contribution in [0.4, 0.5) is 4.79 Å². The summed E-state index contributed by atoms with van der Waals surface area (Å²) in [4.78, 5) is 25.9. The van der Waals surface area contributed by atoms with Crippen LogP contribution >= 0.6 is 0 Å². The van der Waals surface area contributed by atoms with Crippen LogP contribution in [0.1, 0.15) is 25.1 Å². The number of rotatable bonds is 5. The normalized spacial score (nSPS) is 11.9. The Morgan fingerprint density at radius 1 is 1.53 bits per heavy atom. The highest BCUT2D eigenvalue weighted by Crippen LogP contribution is 1.95. The maximum atomic E-state index is 11.3. The molecule has 8 nitrogen and oxygen atoms in total. The first kappa shape index (κ1) is 12.9. The van der Waals surface area contributed by atoms with E-state index in [9.17, 15) is 9.59 Å². The van der Waals surface area contributed by atoms with Gasteiger partial charge >= 0.3 is 12.0 Å². The van der Waals surface area contributed by atoms with Crippen molar-refractivity contribution in [3.63, 3.8) is 0 Å². The summed E-state index contributed by atoms with van der Waals surface area (Å²) in [6, 6.07) is -1.49. The molecule has 0 saturated carbocycles. The number of hydrogen-bond donors (Lipinski definition) is 3. The van der Waals surface area contributed by atoms with Gasteiger partial charge in [-0.3, -0.25) is 0 Å². The largest absolute Gasteiger partial charge is 0.480 e. The Kier molecular flexibility index (Phi) is 4.44. The fourth-order valence-corrected chi connectivity index (χ4v) is 1.12. The minimum atomic E-state index is -1.07. The molecule has 1 unspecified atom stereocenters. The Labute approximate surface area is 97.4 Å². The van der Waals surface area contributed by atoms with Gasteiger partial charge in [-0.15, -0.1) is 0 Å². The quantitative estimate of drug-likeness (QED) is 0.671. The number of aliphatic carboxylic acids is 1. The molecule has 0 saturated heterocycles. The van der Waals surface area contributed by atoms with E-state index in [-0.39, 0.29) is 12.4 Å². The topological polar surface area (TPSA) is 117 Å². The van der Waals surface area contributed by atoms with Crippen LogP contribution in [-0.4, -0.2) is 33.3 Å². The van der Waals surface area contributed by atoms with E-state index in [2.05, 4.69) is 20.8 Å². The van der Waals surface area contributed by atoms with Crippen molar-refractivity contribution in [1.82, 2.24) is 20.8 Å². The molecule has 3 N–H and O–H groups in total. The van der Waals surface area contributed by atoms with Gasteiger partial charge < -0.3 is 20.3 Å². The van der Waals surface area contributed by atoms with Gasteiger partial charge in [0.05, 0.1) is 6.54 Å². The maximum Gasteiger partial charge on any atom is 0.326 e. The van der Waals surface area contributed by atoms with E-state index in [1.165, 1.54) is 0 Å². The van der Waals surface area contributed by atoms with Gasteiger partial charge in [0.15, 0.2) is 5.82 Å². The van der Waals surface area contributed by atoms with Crippen LogP contribution in [0.5, 0.6) is 0 Å². The molecule has 0 aliphatic heterocycles. The molecule has 0 fully saturated rings. The predicted molar refractivity (Wildman–Crippen MR) is 56.1 cm³/mol. The van der Waals surface area contributed by atoms with Crippen molar-refractivity contribution >= 4 is 12.0 Å². The first-order chi connectivity index (χ1) is 8.02. The number of nitrogens with one attached hydrogen (secondary N) is 2. The van der Waals surface area contributed by atoms with E-state index < -0.39 is 18.0 Å². The van der Waals surface area contributed by atoms with Gasteiger partial charge in [0.1, 0.15) is 6.04 Å². The Morgan fingerprint density at radius 2 is 2.24 bits per heavy atom. The Hall–Kier alpha value is -2.12. The molecule has 1 atom stereocenters. The summed E-state index contributed by atoms with van der Waals surface area (Å²) in [5, 5.41) is 17.0. The van der Waals surface area contributed by atoms with Crippen molar-refractivity contribution in [3.05, 3.63) is 11.7 Å². The summed E-state index contributed by atoms with van der Waals surface area (Å²) in [5.41, 5.74) is 0. The van der Waals surface area contributed by atoms with Gasteiger partial charge in [-0.1, -0.05) is 12.1 Å². The number of aromatic nitrogens is 2. The molecule has 1 aromatic rings. The molecule has 8 heteroatoms. The molecule has 17 heavy (non-hydrogen) atoms. The second-order valence-electron chi connectivity index (χ2n) is 3.36. The summed E-state index contributed by atoms with van der Waals surface area (Å²) in [6.45, 7) is 3.38. The molecule has 1 aromatic heterocycles. The van der Waals surface area contributed by atoms with E-state index >= 15 is 0 Å². The fraction of sp³-hybridized carbons (Fsp3) is 0.556. The van der Waals surface area contributed by atoms with Crippen LogP contribution in [0.2, 0.25) is 0 Å². The third-order valence-corrected chi connectivity index (χ3v) is 1.98. The van der Waals surface area contributed by atoms with Crippen molar-refractivity contribution in [2.75, 3.05) is 0 Å². The summed E-state index contributed by atoms with van der Waals surface area (Å²) < 4.78 is 4.77. The average Bonchev–Trinajstić information content (AvgIpc) is 2.68. The Balaban J connectivity index is 2.37. The smallest absolute Gasteiger partial charge is 0.326 e. The molecule has 0 radical (unpaired) electrons. The van der Waals surface area contributed by atoms with Crippen molar-refractivity contribution < 1.29 is 19.2 Å². The zero-order chi connectivity index (χ0) is 12.8. The van der Waals surface area contributed by atoms with Gasteiger partial charge in [-0.2, -0.15) is 4.98 Å². The van der Waals surface area contributed by atoms with Gasteiger partial charge in [0, 0.05) is 0 Å². The lowest BCUT2D eigenvalue weighted by Gasteiger charge is -2.12. The summed E-state index contributed by atoms with van der Waals surface area (Å²) in [5.74, 6) is -0.337. The van der Waals surface area contributed by atoms with Crippen molar-refractivity contribution in [2.24, 2.45) is 0 Å². The van der Waals surface area contributed by atoms with Gasteiger partial charge in [-0.25, -0.2) is 9.59 Å². The number of nitrogens with zero attached hydrogens (tertiary/aromatic N) is 2. The first-order valence-electron chi connectivity index (χ1n) is 5.09. The second-order valence-corrected chi connectivity index (χ2v) is 3.36. The number of hydrogen-bond acceptors (Lipinski definition) is 5. The molecular formula is C9H14N4O4. The SMILES string of the molecule is CCC(NC(=O)NCc1nc(C)no1)C(=O)O. The fourth-order valence-electron chi connectivity index (χ4n) is 1.12. The minimum absolute atomic E-state index is 0.0583. The van der Waals surface area contributed by atoms with Crippen molar-refractivity contribution in [2.45, 2.75) is 32.9 Å². The highest BCUT2D eigenvalue weighted by molar-refractivity contribution is 5.82. The van der Waals surface area contributed by atoms with Gasteiger partial charge in [0.2, 0.25) is 5.89 Å². The zero-order valence-corrected chi connectivity index (χ0v) is 9.56. The molecule has 1 rings (SSSR count). The molecule has 94 valence electrons. The third kappa shape index (κ3) is 4.09. The standard InChI is InChI=1S/C9H14N4O4/c1-3-6(8(14)15)12-9(16)10-4-7-11-5(2)13-17-7/h6H,3-4H2,1-2H3,(H,14,15)(H2,10,12,16). The van der Waals surface area contributed by atoms with E-state index in [0.29, 0.717) is 12.2 Å². The monoisotopic (exact) mass is 242 g/mol. The van der Waals surface area contributed by atoms with E-state index in [4.69, 9.17) is 9.63 Å². The highest BCUT2D eigenvalue weighted by Gasteiger charge is 2.17. The summed E-state index contributed by atoms with van der Waals surface area (Å²) in [6.07, 6.45) is 0.308. The van der Waals surface area contributed by atoms with Crippen LogP contribution in [0, 0.1) is 6.92 Å². The number of carboxylic acids is 1. The Morgan fingerprint density at radius 3 is 2.71 bits per heavy atom. The predicted octanol–water partition coefficient (Wildman–Crippen LogP) is 0.0404. The molecular weight excluding hydrogens is 228 g/mol. The van der Waals surface area contributed by atoms with Gasteiger partial charge in [-0.05, 0) is 13.3 Å². The molecule has 2 amide bonds. The molecule has 1 heterocycles. The molecule has 0 aliphatic rings. The van der Waals surface area contributed by atoms with Gasteiger partial charge in [0.25, 0.3) is 0 Å². The maximum absolute atomic E-state index is 11.3. The van der Waals surface area contributed by atoms with Crippen molar-refractivity contribution in [3.8, 4) is 0 Å². The van der Waals surface area contributed by atoms with Crippen LogP contribution in [0.3, 0.4) is 0 Å². The summed E-state index contributed by atoms with van der Waals surface area (Å²) in [7, 11) is 0. The van der Waals surface area contributed by atoms with E-state index in [0.717, 1.165) is 0 Å². The molecule has 0 spiro atoms. The third-order valence-electron chi connectivity index (χ3n) is 1.98. The van der Waals surface area contributed by atoms with Crippen LogP contribution in [-0.2, 0) is 11.3 Å². The first-order valence-corrected chi connectivity index (χ1v) is 5.09. The van der Waals surface area contributed by atoms with Crippen LogP contribution < -0.4 is 10.6 Å². The Bertz CT molecular complexity index is 403. The lowest BCUT2D eigenvalue weighted by Crippen LogP contribution is -2.45. The lowest BCUT2D eigenvalue weighted by molar-refractivity contribution is -0.139. The number of carbonyl (C=O) groups is 2. The summed E-state index contributed by atoms with van der Waals surface area (Å²) >= 11 is 0. The van der Waals surface area contributed by atoms with Crippen LogP contribution in [0.25, 0.3) is 0 Å². The zero-order valence-electron chi connectivity index (χ0n) is 9.56. The van der Waals surface area contributed by atoms with E-state index in [1.807, 2.05) is 0 Å². The average molecular weight is 242 g/mol. The number of carbonyl (C=O) groups excluding carboxylic acids is 1. The van der Waals surface area contributed by atoms with E-state index in [1.54, 1.807) is 13.8 Å². The van der Waals surface area contributed by atoms with Crippen LogP contribution in [0.15, 0.2) is 4.52 Å². The second kappa shape index (κ2) is 5.83. The lowest BCUT2D eigenvalue weighted by atomic mass is 10.2. The highest BCUT2D eigenvalue weighted by atomic mass is 16.5. The molecule has 0 aromatic carbocycles.